The van der Waals surface area contributed by atoms with Crippen LogP contribution in [0, 0.1) is 0 Å². The maximum absolute atomic E-state index is 11.8. The summed E-state index contributed by atoms with van der Waals surface area (Å²) in [7, 11) is 1.46. The number of carbonyl (C=O) groups is 2. The van der Waals surface area contributed by atoms with Gasteiger partial charge in [0.25, 0.3) is 5.91 Å². The third kappa shape index (κ3) is 3.65. The molecule has 0 heterocycles. The highest BCUT2D eigenvalue weighted by molar-refractivity contribution is 5.97. The molecule has 6 heteroatoms. The molecule has 6 nitrogen and oxygen atoms in total. The van der Waals surface area contributed by atoms with Gasteiger partial charge < -0.3 is 20.9 Å². The van der Waals surface area contributed by atoms with Crippen molar-refractivity contribution in [2.45, 2.75) is 19.4 Å². The molecular formula is C12H16N2O4. The molecule has 0 aliphatic heterocycles. The molecule has 0 saturated heterocycles. The van der Waals surface area contributed by atoms with E-state index in [0.29, 0.717) is 5.75 Å². The second-order valence-corrected chi connectivity index (χ2v) is 3.93. The number of carbonyl (C=O) groups excluding carboxylic acids is 2. The third-order valence-electron chi connectivity index (χ3n) is 2.33. The van der Waals surface area contributed by atoms with E-state index >= 15 is 0 Å². The summed E-state index contributed by atoms with van der Waals surface area (Å²) in [6, 6.07) is 3.96. The predicted molar refractivity (Wildman–Crippen MR) is 65.4 cm³/mol. The zero-order valence-corrected chi connectivity index (χ0v) is 10.3. The van der Waals surface area contributed by atoms with Crippen LogP contribution in [-0.4, -0.2) is 30.1 Å². The summed E-state index contributed by atoms with van der Waals surface area (Å²) < 4.78 is 4.91. The Balaban J connectivity index is 2.75. The fourth-order valence-corrected chi connectivity index (χ4v) is 1.48. The van der Waals surface area contributed by atoms with Gasteiger partial charge in [-0.15, -0.1) is 0 Å². The van der Waals surface area contributed by atoms with Gasteiger partial charge >= 0.3 is 0 Å². The summed E-state index contributed by atoms with van der Waals surface area (Å²) >= 11 is 0. The third-order valence-corrected chi connectivity index (χ3v) is 2.33. The van der Waals surface area contributed by atoms with Gasteiger partial charge in [0.2, 0.25) is 5.91 Å². The quantitative estimate of drug-likeness (QED) is 0.705. The molecule has 0 bridgehead atoms. The van der Waals surface area contributed by atoms with Crippen LogP contribution in [0.5, 0.6) is 11.5 Å². The number of nitrogens with two attached hydrogens (primary N) is 1. The van der Waals surface area contributed by atoms with E-state index < -0.39 is 17.9 Å². The molecular weight excluding hydrogens is 236 g/mol. The number of nitrogens with one attached hydrogen (secondary N) is 1. The molecule has 1 rings (SSSR count). The minimum Gasteiger partial charge on any atom is -0.507 e. The minimum absolute atomic E-state index is 0.0443. The molecule has 1 atom stereocenters. The first-order valence-corrected chi connectivity index (χ1v) is 5.40. The lowest BCUT2D eigenvalue weighted by molar-refractivity contribution is -0.118. The Morgan fingerprint density at radius 1 is 1.50 bits per heavy atom. The van der Waals surface area contributed by atoms with E-state index in [4.69, 9.17) is 10.5 Å². The summed E-state index contributed by atoms with van der Waals surface area (Å²) in [5, 5.41) is 12.2. The first kappa shape index (κ1) is 13.8. The molecule has 98 valence electrons. The van der Waals surface area contributed by atoms with Gasteiger partial charge in [0, 0.05) is 18.5 Å². The van der Waals surface area contributed by atoms with Crippen molar-refractivity contribution in [3.63, 3.8) is 0 Å². The minimum atomic E-state index is -0.498. The number of hydrogen-bond acceptors (Lipinski definition) is 4. The van der Waals surface area contributed by atoms with Crippen LogP contribution in [-0.2, 0) is 4.79 Å². The number of rotatable bonds is 5. The lowest BCUT2D eigenvalue weighted by atomic mass is 10.1. The normalized spacial score (nSPS) is 11.7. The Morgan fingerprint density at radius 3 is 2.67 bits per heavy atom. The Morgan fingerprint density at radius 2 is 2.17 bits per heavy atom. The van der Waals surface area contributed by atoms with Gasteiger partial charge in [-0.25, -0.2) is 0 Å². The van der Waals surface area contributed by atoms with Gasteiger partial charge in [-0.05, 0) is 19.1 Å². The average molecular weight is 252 g/mol. The highest BCUT2D eigenvalue weighted by Crippen LogP contribution is 2.23. The first-order chi connectivity index (χ1) is 8.43. The summed E-state index contributed by atoms with van der Waals surface area (Å²) in [5.74, 6) is -0.696. The van der Waals surface area contributed by atoms with Crippen LogP contribution in [0.2, 0.25) is 0 Å². The second-order valence-electron chi connectivity index (χ2n) is 3.93. The van der Waals surface area contributed by atoms with E-state index in [1.165, 1.54) is 19.2 Å². The Bertz CT molecular complexity index is 459. The zero-order valence-electron chi connectivity index (χ0n) is 10.3. The highest BCUT2D eigenvalue weighted by Gasteiger charge is 2.15. The molecule has 0 aromatic heterocycles. The van der Waals surface area contributed by atoms with E-state index in [1.54, 1.807) is 13.0 Å². The smallest absolute Gasteiger partial charge is 0.255 e. The molecule has 4 N–H and O–H groups in total. The summed E-state index contributed by atoms with van der Waals surface area (Å²) in [4.78, 5) is 22.5. The SMILES string of the molecule is COc1ccc(C(=O)NC(C)CC(N)=O)c(O)c1. The fraction of sp³-hybridized carbons (Fsp3) is 0.333. The van der Waals surface area contributed by atoms with Gasteiger partial charge in [0.05, 0.1) is 12.7 Å². The van der Waals surface area contributed by atoms with E-state index in [1.807, 2.05) is 0 Å². The van der Waals surface area contributed by atoms with Gasteiger partial charge in [0.1, 0.15) is 11.5 Å². The number of benzene rings is 1. The lowest BCUT2D eigenvalue weighted by Gasteiger charge is -2.13. The number of primary amides is 1. The molecule has 0 fully saturated rings. The van der Waals surface area contributed by atoms with Gasteiger partial charge in [-0.3, -0.25) is 9.59 Å². The van der Waals surface area contributed by atoms with Crippen LogP contribution in [0.4, 0.5) is 0 Å². The maximum atomic E-state index is 11.8. The number of phenols is 1. The highest BCUT2D eigenvalue weighted by atomic mass is 16.5. The number of methoxy groups -OCH3 is 1. The van der Waals surface area contributed by atoms with Crippen molar-refractivity contribution in [2.24, 2.45) is 5.73 Å². The fourth-order valence-electron chi connectivity index (χ4n) is 1.48. The van der Waals surface area contributed by atoms with Crippen LogP contribution in [0.1, 0.15) is 23.7 Å². The van der Waals surface area contributed by atoms with Crippen molar-refractivity contribution in [1.82, 2.24) is 5.32 Å². The van der Waals surface area contributed by atoms with Gasteiger partial charge in [-0.1, -0.05) is 0 Å². The summed E-state index contributed by atoms with van der Waals surface area (Å²) in [5.41, 5.74) is 5.14. The van der Waals surface area contributed by atoms with E-state index in [-0.39, 0.29) is 17.7 Å². The molecule has 0 radical (unpaired) electrons. The predicted octanol–water partition coefficient (Wildman–Crippen LogP) is 0.394. The Kier molecular flexibility index (Phi) is 4.53. The lowest BCUT2D eigenvalue weighted by Crippen LogP contribution is -2.35. The molecule has 1 aromatic rings. The zero-order chi connectivity index (χ0) is 13.7. The standard InChI is InChI=1S/C12H16N2O4/c1-7(5-11(13)16)14-12(17)9-4-3-8(18-2)6-10(9)15/h3-4,6-7,15H,5H2,1-2H3,(H2,13,16)(H,14,17). The van der Waals surface area contributed by atoms with E-state index in [2.05, 4.69) is 5.32 Å². The molecule has 0 saturated carbocycles. The second kappa shape index (κ2) is 5.90. The van der Waals surface area contributed by atoms with Crippen molar-refractivity contribution < 1.29 is 19.4 Å². The van der Waals surface area contributed by atoms with Crippen LogP contribution < -0.4 is 15.8 Å². The van der Waals surface area contributed by atoms with Crippen LogP contribution in [0.3, 0.4) is 0 Å². The monoisotopic (exact) mass is 252 g/mol. The van der Waals surface area contributed by atoms with Crippen molar-refractivity contribution in [3.8, 4) is 11.5 Å². The number of aromatic hydroxyl groups is 1. The maximum Gasteiger partial charge on any atom is 0.255 e. The largest absolute Gasteiger partial charge is 0.507 e. The average Bonchev–Trinajstić information content (AvgIpc) is 2.27. The van der Waals surface area contributed by atoms with Crippen molar-refractivity contribution in [2.75, 3.05) is 7.11 Å². The first-order valence-electron chi connectivity index (χ1n) is 5.40. The van der Waals surface area contributed by atoms with Crippen LogP contribution in [0.15, 0.2) is 18.2 Å². The molecule has 18 heavy (non-hydrogen) atoms. The topological polar surface area (TPSA) is 102 Å². The molecule has 0 aliphatic rings. The molecule has 0 aliphatic carbocycles. The number of amides is 2. The Labute approximate surface area is 105 Å². The van der Waals surface area contributed by atoms with Crippen LogP contribution >= 0.6 is 0 Å². The molecule has 1 aromatic carbocycles. The molecule has 2 amide bonds. The summed E-state index contributed by atoms with van der Waals surface area (Å²) in [6.07, 6.45) is 0.0443. The molecule has 1 unspecified atom stereocenters. The van der Waals surface area contributed by atoms with Gasteiger partial charge in [0.15, 0.2) is 0 Å². The van der Waals surface area contributed by atoms with Crippen LogP contribution in [0.25, 0.3) is 0 Å². The Hall–Kier alpha value is -2.24. The van der Waals surface area contributed by atoms with Crippen molar-refractivity contribution >= 4 is 11.8 Å². The number of hydrogen-bond donors (Lipinski definition) is 3. The van der Waals surface area contributed by atoms with Crippen molar-refractivity contribution in [3.05, 3.63) is 23.8 Å². The number of phenolic OH excluding ortho intramolecular Hbond substituents is 1. The number of ether oxygens (including phenoxy) is 1. The van der Waals surface area contributed by atoms with Gasteiger partial charge in [-0.2, -0.15) is 0 Å². The van der Waals surface area contributed by atoms with Crippen molar-refractivity contribution in [1.29, 1.82) is 0 Å². The molecule has 0 spiro atoms. The summed E-state index contributed by atoms with van der Waals surface area (Å²) in [6.45, 7) is 1.66. The van der Waals surface area contributed by atoms with E-state index in [9.17, 15) is 14.7 Å². The van der Waals surface area contributed by atoms with E-state index in [0.717, 1.165) is 0 Å².